The Morgan fingerprint density at radius 2 is 2.05 bits per heavy atom. The average molecular weight is 550 g/mol. The first-order valence-electron chi connectivity index (χ1n) is 13.6. The van der Waals surface area contributed by atoms with Gasteiger partial charge in [-0.05, 0) is 58.0 Å². The molecule has 1 heterocycles. The zero-order valence-electron chi connectivity index (χ0n) is 24.0. The maximum atomic E-state index is 13.6. The molecule has 214 valence electrons. The number of anilines is 2. The molecular weight excluding hydrogens is 509 g/mol. The van der Waals surface area contributed by atoms with Gasteiger partial charge in [0.05, 0.1) is 11.8 Å². The van der Waals surface area contributed by atoms with Crippen LogP contribution in [0.2, 0.25) is 0 Å². The first kappa shape index (κ1) is 30.6. The summed E-state index contributed by atoms with van der Waals surface area (Å²) in [5, 5.41) is 9.29. The maximum Gasteiger partial charge on any atom is 0.246 e. The third-order valence-electron chi connectivity index (χ3n) is 6.83. The van der Waals surface area contributed by atoms with Gasteiger partial charge in [-0.15, -0.1) is 0 Å². The fraction of sp³-hybridized carbons (Fsp3) is 0.467. The summed E-state index contributed by atoms with van der Waals surface area (Å²) in [6.45, 7) is 2.78. The van der Waals surface area contributed by atoms with E-state index in [9.17, 15) is 14.0 Å². The van der Waals surface area contributed by atoms with E-state index in [0.29, 0.717) is 30.4 Å². The lowest BCUT2D eigenvalue weighted by atomic mass is 9.86. The summed E-state index contributed by atoms with van der Waals surface area (Å²) in [6.07, 6.45) is 8.44. The normalized spacial score (nSPS) is 17.6. The molecule has 0 spiro atoms. The Bertz CT molecular complexity index is 1250. The average Bonchev–Trinajstić information content (AvgIpc) is 2.94. The van der Waals surface area contributed by atoms with E-state index in [1.165, 1.54) is 23.1 Å². The van der Waals surface area contributed by atoms with E-state index in [2.05, 4.69) is 37.8 Å². The summed E-state index contributed by atoms with van der Waals surface area (Å²) in [5.41, 5.74) is 1.44. The Hall–Kier alpha value is -3.97. The molecule has 1 fully saturated rings. The van der Waals surface area contributed by atoms with Crippen LogP contribution in [0.5, 0.6) is 0 Å². The number of benzene rings is 1. The van der Waals surface area contributed by atoms with Gasteiger partial charge in [0.25, 0.3) is 0 Å². The summed E-state index contributed by atoms with van der Waals surface area (Å²) in [6, 6.07) is 5.81. The predicted molar refractivity (Wildman–Crippen MR) is 156 cm³/mol. The molecule has 1 aromatic carbocycles. The number of halogens is 1. The summed E-state index contributed by atoms with van der Waals surface area (Å²) in [5.74, 6) is 7.03. The number of carbonyl (C=O) groups is 2. The van der Waals surface area contributed by atoms with E-state index in [-0.39, 0.29) is 29.6 Å². The van der Waals surface area contributed by atoms with Crippen molar-refractivity contribution in [2.24, 2.45) is 5.92 Å². The Balaban J connectivity index is 1.61. The molecule has 40 heavy (non-hydrogen) atoms. The zero-order valence-corrected chi connectivity index (χ0v) is 24.0. The quantitative estimate of drug-likeness (QED) is 0.309. The van der Waals surface area contributed by atoms with Crippen LogP contribution in [0.1, 0.15) is 43.7 Å². The van der Waals surface area contributed by atoms with Crippen LogP contribution < -0.4 is 16.0 Å². The zero-order chi connectivity index (χ0) is 29.1. The Morgan fingerprint density at radius 1 is 1.25 bits per heavy atom. The van der Waals surface area contributed by atoms with Crippen LogP contribution in [-0.4, -0.2) is 78.4 Å². The largest absolute Gasteiger partial charge is 0.365 e. The third kappa shape index (κ3) is 9.35. The van der Waals surface area contributed by atoms with Crippen LogP contribution in [-0.2, 0) is 16.1 Å². The molecule has 2 aromatic rings. The molecule has 1 aromatic heterocycles. The first-order valence-corrected chi connectivity index (χ1v) is 13.6. The van der Waals surface area contributed by atoms with Crippen LogP contribution in [0, 0.1) is 23.6 Å². The molecule has 1 aliphatic rings. The number of rotatable bonds is 10. The Morgan fingerprint density at radius 3 is 2.77 bits per heavy atom. The fourth-order valence-electron chi connectivity index (χ4n) is 4.36. The van der Waals surface area contributed by atoms with Gasteiger partial charge >= 0.3 is 0 Å². The van der Waals surface area contributed by atoms with Gasteiger partial charge in [0.2, 0.25) is 17.8 Å². The molecule has 3 N–H and O–H groups in total. The molecular formula is C30H40FN7O2. The highest BCUT2D eigenvalue weighted by Gasteiger charge is 2.26. The summed E-state index contributed by atoms with van der Waals surface area (Å²) in [7, 11) is 7.23. The van der Waals surface area contributed by atoms with Gasteiger partial charge in [-0.25, -0.2) is 9.37 Å². The molecule has 9 nitrogen and oxygen atoms in total. The monoisotopic (exact) mass is 549 g/mol. The lowest BCUT2D eigenvalue weighted by Crippen LogP contribution is -2.49. The molecule has 10 heteroatoms. The number of amides is 2. The minimum atomic E-state index is -0.586. The Labute approximate surface area is 236 Å². The van der Waals surface area contributed by atoms with Crippen molar-refractivity contribution in [1.82, 2.24) is 25.1 Å². The van der Waals surface area contributed by atoms with E-state index in [1.54, 1.807) is 39.4 Å². The summed E-state index contributed by atoms with van der Waals surface area (Å²) >= 11 is 0. The second-order valence-corrected chi connectivity index (χ2v) is 10.3. The van der Waals surface area contributed by atoms with E-state index < -0.39 is 6.04 Å². The van der Waals surface area contributed by atoms with Crippen molar-refractivity contribution >= 4 is 23.6 Å². The number of hydrogen-bond donors (Lipinski definition) is 3. The SMILES string of the molecule is CNc1ncc(C#C[C@@H]2CCC[C@H](NC(=O)[C@H](C)N(C)C(=O)/C=C/CN(C)C)C2)c(NCc2cccc(F)c2)n1. The minimum absolute atomic E-state index is 0.00993. The molecule has 0 bridgehead atoms. The van der Waals surface area contributed by atoms with Crippen LogP contribution in [0.3, 0.4) is 0 Å². The first-order chi connectivity index (χ1) is 19.2. The number of likely N-dealkylation sites (N-methyl/N-ethyl adjacent to an activating group) is 2. The predicted octanol–water partition coefficient (Wildman–Crippen LogP) is 3.26. The second-order valence-electron chi connectivity index (χ2n) is 10.3. The molecule has 0 aliphatic heterocycles. The van der Waals surface area contributed by atoms with Crippen molar-refractivity contribution in [3.63, 3.8) is 0 Å². The maximum absolute atomic E-state index is 13.6. The van der Waals surface area contributed by atoms with Gasteiger partial charge in [-0.1, -0.05) is 36.5 Å². The van der Waals surface area contributed by atoms with Crippen LogP contribution in [0.25, 0.3) is 0 Å². The van der Waals surface area contributed by atoms with Crippen molar-refractivity contribution in [3.8, 4) is 11.8 Å². The third-order valence-corrected chi connectivity index (χ3v) is 6.83. The summed E-state index contributed by atoms with van der Waals surface area (Å²) in [4.78, 5) is 37.6. The van der Waals surface area contributed by atoms with Crippen molar-refractivity contribution in [1.29, 1.82) is 0 Å². The molecule has 2 amide bonds. The van der Waals surface area contributed by atoms with E-state index in [1.807, 2.05) is 25.1 Å². The Kier molecular flexibility index (Phi) is 11.5. The van der Waals surface area contributed by atoms with E-state index in [4.69, 9.17) is 0 Å². The molecule has 1 aliphatic carbocycles. The lowest BCUT2D eigenvalue weighted by Gasteiger charge is -2.30. The number of nitrogens with zero attached hydrogens (tertiary/aromatic N) is 4. The molecule has 1 saturated carbocycles. The van der Waals surface area contributed by atoms with Crippen LogP contribution >= 0.6 is 0 Å². The molecule has 0 saturated heterocycles. The van der Waals surface area contributed by atoms with Gasteiger partial charge < -0.3 is 25.8 Å². The number of hydrogen-bond acceptors (Lipinski definition) is 7. The van der Waals surface area contributed by atoms with Crippen LogP contribution in [0.4, 0.5) is 16.2 Å². The summed E-state index contributed by atoms with van der Waals surface area (Å²) < 4.78 is 13.6. The lowest BCUT2D eigenvalue weighted by molar-refractivity contribution is -0.135. The standard InChI is InChI=1S/C30H40FN7O2/c1-21(38(5)27(39)13-8-16-37(3)4)29(40)35-26-12-7-9-22(18-26)14-15-24-20-34-30(32-2)36-28(24)33-19-23-10-6-11-25(31)17-23/h6,8,10-11,13,17,20-22,26H,7,9,12,16,18-19H2,1-5H3,(H,35,40)(H2,32,33,34,36)/b13-8+/t21-,22-,26-/m0/s1. The topological polar surface area (TPSA) is 102 Å². The van der Waals surface area contributed by atoms with Crippen molar-refractivity contribution in [3.05, 3.63) is 59.6 Å². The van der Waals surface area contributed by atoms with Gasteiger partial charge in [0.15, 0.2) is 0 Å². The molecule has 0 unspecified atom stereocenters. The highest BCUT2D eigenvalue weighted by molar-refractivity contribution is 5.92. The smallest absolute Gasteiger partial charge is 0.246 e. The number of carbonyl (C=O) groups excluding carboxylic acids is 2. The number of nitrogens with one attached hydrogen (secondary N) is 3. The van der Waals surface area contributed by atoms with Crippen LogP contribution in [0.15, 0.2) is 42.6 Å². The number of aromatic nitrogens is 2. The highest BCUT2D eigenvalue weighted by Crippen LogP contribution is 2.24. The van der Waals surface area contributed by atoms with Crippen molar-refractivity contribution in [2.45, 2.75) is 51.2 Å². The van der Waals surface area contributed by atoms with Gasteiger partial charge in [-0.3, -0.25) is 9.59 Å². The van der Waals surface area contributed by atoms with Crippen molar-refractivity contribution in [2.75, 3.05) is 45.4 Å². The van der Waals surface area contributed by atoms with Gasteiger partial charge in [-0.2, -0.15) is 4.98 Å². The van der Waals surface area contributed by atoms with E-state index >= 15 is 0 Å². The molecule has 3 atom stereocenters. The van der Waals surface area contributed by atoms with E-state index in [0.717, 1.165) is 31.2 Å². The molecule has 3 rings (SSSR count). The van der Waals surface area contributed by atoms with Gasteiger partial charge in [0.1, 0.15) is 17.7 Å². The highest BCUT2D eigenvalue weighted by atomic mass is 19.1. The van der Waals surface area contributed by atoms with Gasteiger partial charge in [0, 0.05) is 45.2 Å². The minimum Gasteiger partial charge on any atom is -0.365 e. The van der Waals surface area contributed by atoms with Crippen molar-refractivity contribution < 1.29 is 14.0 Å². The fourth-order valence-corrected chi connectivity index (χ4v) is 4.36. The molecule has 0 radical (unpaired) electrons. The second kappa shape index (κ2) is 15.0.